The molecule has 1 rings (SSSR count). The van der Waals surface area contributed by atoms with Gasteiger partial charge in [0.05, 0.1) is 24.7 Å². The van der Waals surface area contributed by atoms with Crippen LogP contribution in [0.25, 0.3) is 0 Å². The summed E-state index contributed by atoms with van der Waals surface area (Å²) in [7, 11) is 1.48. The number of nitriles is 1. The molecule has 0 aliphatic heterocycles. The van der Waals surface area contributed by atoms with E-state index in [1.165, 1.54) is 7.11 Å². The van der Waals surface area contributed by atoms with Crippen molar-refractivity contribution in [1.29, 1.82) is 5.26 Å². The minimum Gasteiger partial charge on any atom is -0.383 e. The third-order valence-corrected chi connectivity index (χ3v) is 2.67. The molecule has 1 heterocycles. The quantitative estimate of drug-likeness (QED) is 0.589. The highest BCUT2D eigenvalue weighted by Crippen LogP contribution is 2.32. The molecule has 116 valence electrons. The number of hydrogen-bond donors (Lipinski definition) is 2. The van der Waals surface area contributed by atoms with E-state index in [0.717, 1.165) is 12.1 Å². The van der Waals surface area contributed by atoms with Crippen molar-refractivity contribution in [3.63, 3.8) is 0 Å². The lowest BCUT2D eigenvalue weighted by atomic mass is 10.2. The minimum absolute atomic E-state index is 0.0880. The molecule has 0 bridgehead atoms. The summed E-state index contributed by atoms with van der Waals surface area (Å²) in [6.07, 6.45) is -4.35. The summed E-state index contributed by atoms with van der Waals surface area (Å²) in [5, 5.41) is 8.63. The van der Waals surface area contributed by atoms with E-state index in [1.807, 2.05) is 6.07 Å². The fourth-order valence-electron chi connectivity index (χ4n) is 1.64. The number of pyridine rings is 1. The maximum atomic E-state index is 12.9. The molecule has 0 aliphatic carbocycles. The Morgan fingerprint density at radius 2 is 2.14 bits per heavy atom. The average molecular weight is 303 g/mol. The van der Waals surface area contributed by atoms with Crippen LogP contribution in [0.1, 0.15) is 12.0 Å². The zero-order valence-corrected chi connectivity index (χ0v) is 11.4. The molecule has 1 aromatic heterocycles. The number of methoxy groups -OCH3 is 1. The molecule has 9 heteroatoms. The van der Waals surface area contributed by atoms with Crippen molar-refractivity contribution in [2.75, 3.05) is 37.1 Å². The second-order valence-electron chi connectivity index (χ2n) is 4.13. The van der Waals surface area contributed by atoms with E-state index in [4.69, 9.17) is 15.8 Å². The third kappa shape index (κ3) is 5.09. The van der Waals surface area contributed by atoms with E-state index in [9.17, 15) is 13.2 Å². The van der Waals surface area contributed by atoms with Crippen LogP contribution in [0.2, 0.25) is 0 Å². The highest BCUT2D eigenvalue weighted by molar-refractivity contribution is 5.51. The van der Waals surface area contributed by atoms with Gasteiger partial charge in [0.15, 0.2) is 0 Å². The lowest BCUT2D eigenvalue weighted by Gasteiger charge is -2.23. The molecule has 0 saturated heterocycles. The number of aromatic nitrogens is 1. The van der Waals surface area contributed by atoms with Crippen molar-refractivity contribution < 1.29 is 17.9 Å². The maximum absolute atomic E-state index is 12.9. The Balaban J connectivity index is 3.13. The van der Waals surface area contributed by atoms with Gasteiger partial charge in [0.1, 0.15) is 11.6 Å². The number of hydrogen-bond acceptors (Lipinski definition) is 6. The largest absolute Gasteiger partial charge is 0.416 e. The van der Waals surface area contributed by atoms with E-state index >= 15 is 0 Å². The van der Waals surface area contributed by atoms with Crippen LogP contribution >= 0.6 is 0 Å². The number of halogens is 3. The standard InChI is InChI=1S/C12H16F3N5O/c1-21-6-5-20(4-2-3-16)11-8-9(12(13,14)15)7-10(18-11)19-17/h7-8H,2,4-6,17H2,1H3,(H,18,19). The number of hydrazine groups is 1. The van der Waals surface area contributed by atoms with E-state index in [1.54, 1.807) is 4.90 Å². The molecule has 1 aromatic rings. The fraction of sp³-hybridized carbons (Fsp3) is 0.500. The van der Waals surface area contributed by atoms with Gasteiger partial charge in [0.25, 0.3) is 0 Å². The molecular weight excluding hydrogens is 287 g/mol. The lowest BCUT2D eigenvalue weighted by Crippen LogP contribution is -2.29. The van der Waals surface area contributed by atoms with Crippen LogP contribution in [0.5, 0.6) is 0 Å². The Hall–Kier alpha value is -2.05. The Kier molecular flexibility index (Phi) is 6.20. The van der Waals surface area contributed by atoms with Gasteiger partial charge in [0, 0.05) is 20.2 Å². The molecule has 0 amide bonds. The second-order valence-corrected chi connectivity index (χ2v) is 4.13. The first-order chi connectivity index (χ1) is 9.92. The third-order valence-electron chi connectivity index (χ3n) is 2.67. The van der Waals surface area contributed by atoms with Crippen LogP contribution in [0, 0.1) is 11.3 Å². The summed E-state index contributed by atoms with van der Waals surface area (Å²) in [6, 6.07) is 3.69. The summed E-state index contributed by atoms with van der Waals surface area (Å²) in [5.74, 6) is 5.15. The van der Waals surface area contributed by atoms with Gasteiger partial charge in [-0.1, -0.05) is 0 Å². The van der Waals surface area contributed by atoms with Gasteiger partial charge in [0.2, 0.25) is 0 Å². The van der Waals surface area contributed by atoms with Crippen molar-refractivity contribution in [2.45, 2.75) is 12.6 Å². The Labute approximate surface area is 120 Å². The predicted molar refractivity (Wildman–Crippen MR) is 71.4 cm³/mol. The van der Waals surface area contributed by atoms with Crippen LogP contribution in [0.4, 0.5) is 24.8 Å². The summed E-state index contributed by atoms with van der Waals surface area (Å²) < 4.78 is 43.5. The Morgan fingerprint density at radius 1 is 1.43 bits per heavy atom. The molecule has 0 spiro atoms. The molecular formula is C12H16F3N5O. The van der Waals surface area contributed by atoms with Gasteiger partial charge < -0.3 is 15.1 Å². The van der Waals surface area contributed by atoms with Crippen molar-refractivity contribution in [2.24, 2.45) is 5.84 Å². The van der Waals surface area contributed by atoms with E-state index in [-0.39, 0.29) is 24.6 Å². The van der Waals surface area contributed by atoms with Gasteiger partial charge in [-0.3, -0.25) is 0 Å². The summed E-state index contributed by atoms with van der Waals surface area (Å²) in [4.78, 5) is 5.54. The molecule has 6 nitrogen and oxygen atoms in total. The van der Waals surface area contributed by atoms with Gasteiger partial charge in [-0.15, -0.1) is 0 Å². The van der Waals surface area contributed by atoms with E-state index < -0.39 is 11.7 Å². The highest BCUT2D eigenvalue weighted by atomic mass is 19.4. The zero-order valence-electron chi connectivity index (χ0n) is 11.4. The molecule has 0 aliphatic rings. The van der Waals surface area contributed by atoms with Crippen molar-refractivity contribution >= 4 is 11.6 Å². The van der Waals surface area contributed by atoms with Crippen molar-refractivity contribution in [1.82, 2.24) is 4.98 Å². The van der Waals surface area contributed by atoms with Crippen LogP contribution in [0.15, 0.2) is 12.1 Å². The number of anilines is 2. The first kappa shape index (κ1) is 17.0. The van der Waals surface area contributed by atoms with Crippen LogP contribution in [-0.2, 0) is 10.9 Å². The van der Waals surface area contributed by atoms with Crippen molar-refractivity contribution in [3.05, 3.63) is 17.7 Å². The normalized spacial score (nSPS) is 11.0. The molecule has 0 unspecified atom stereocenters. The molecule has 0 saturated carbocycles. The van der Waals surface area contributed by atoms with Crippen LogP contribution in [-0.4, -0.2) is 31.8 Å². The van der Waals surface area contributed by atoms with Gasteiger partial charge in [-0.2, -0.15) is 18.4 Å². The van der Waals surface area contributed by atoms with E-state index in [0.29, 0.717) is 13.2 Å². The lowest BCUT2D eigenvalue weighted by molar-refractivity contribution is -0.137. The monoisotopic (exact) mass is 303 g/mol. The fourth-order valence-corrected chi connectivity index (χ4v) is 1.64. The summed E-state index contributed by atoms with van der Waals surface area (Å²) >= 11 is 0. The van der Waals surface area contributed by atoms with Crippen LogP contribution < -0.4 is 16.2 Å². The van der Waals surface area contributed by atoms with Gasteiger partial charge in [-0.25, -0.2) is 10.8 Å². The molecule has 0 aromatic carbocycles. The number of nitrogens with two attached hydrogens (primary N) is 1. The van der Waals surface area contributed by atoms with Gasteiger partial charge in [-0.05, 0) is 12.1 Å². The number of ether oxygens (including phenoxy) is 1. The zero-order chi connectivity index (χ0) is 15.9. The maximum Gasteiger partial charge on any atom is 0.416 e. The second kappa shape index (κ2) is 7.66. The molecule has 0 atom stereocenters. The number of alkyl halides is 3. The van der Waals surface area contributed by atoms with Gasteiger partial charge >= 0.3 is 6.18 Å². The Bertz CT molecular complexity index is 501. The molecule has 21 heavy (non-hydrogen) atoms. The average Bonchev–Trinajstić information content (AvgIpc) is 2.46. The topological polar surface area (TPSA) is 87.2 Å². The number of nitrogens with one attached hydrogen (secondary N) is 1. The van der Waals surface area contributed by atoms with Crippen molar-refractivity contribution in [3.8, 4) is 6.07 Å². The Morgan fingerprint density at radius 3 is 2.67 bits per heavy atom. The summed E-state index contributed by atoms with van der Waals surface area (Å²) in [6.45, 7) is 0.865. The van der Waals surface area contributed by atoms with Crippen LogP contribution in [0.3, 0.4) is 0 Å². The number of nitrogens with zero attached hydrogens (tertiary/aromatic N) is 3. The summed E-state index contributed by atoms with van der Waals surface area (Å²) in [5.41, 5.74) is 1.25. The highest BCUT2D eigenvalue weighted by Gasteiger charge is 2.32. The van der Waals surface area contributed by atoms with E-state index in [2.05, 4.69) is 10.4 Å². The number of nitrogen functional groups attached to an aromatic ring is 1. The molecule has 0 radical (unpaired) electrons. The number of rotatable bonds is 7. The first-order valence-corrected chi connectivity index (χ1v) is 6.09. The smallest absolute Gasteiger partial charge is 0.383 e. The molecule has 3 N–H and O–H groups in total. The first-order valence-electron chi connectivity index (χ1n) is 6.09. The molecule has 0 fully saturated rings. The predicted octanol–water partition coefficient (Wildman–Crippen LogP) is 1.75. The SMILES string of the molecule is COCCN(CCC#N)c1cc(C(F)(F)F)cc(NN)n1. The minimum atomic E-state index is -4.51.